The highest BCUT2D eigenvalue weighted by molar-refractivity contribution is 7.14. The predicted molar refractivity (Wildman–Crippen MR) is 71.5 cm³/mol. The molecule has 1 N–H and O–H groups in total. The fraction of sp³-hybridized carbons (Fsp3) is 0.143. The van der Waals surface area contributed by atoms with Gasteiger partial charge in [0.25, 0.3) is 0 Å². The van der Waals surface area contributed by atoms with Crippen molar-refractivity contribution in [3.05, 3.63) is 51.0 Å². The minimum Gasteiger partial charge on any atom is -0.487 e. The van der Waals surface area contributed by atoms with E-state index < -0.39 is 11.8 Å². The molecular formula is C14H10FNO3S. The van der Waals surface area contributed by atoms with Crippen LogP contribution in [-0.2, 0) is 6.61 Å². The highest BCUT2D eigenvalue weighted by Crippen LogP contribution is 2.29. The van der Waals surface area contributed by atoms with Crippen LogP contribution in [0, 0.1) is 24.1 Å². The molecule has 0 aliphatic rings. The van der Waals surface area contributed by atoms with Crippen molar-refractivity contribution in [3.63, 3.8) is 0 Å². The summed E-state index contributed by atoms with van der Waals surface area (Å²) in [5.74, 6) is -1.31. The van der Waals surface area contributed by atoms with E-state index in [1.54, 1.807) is 13.0 Å². The molecule has 1 aromatic carbocycles. The third-order valence-corrected chi connectivity index (χ3v) is 3.61. The number of carbonyl (C=O) groups is 1. The van der Waals surface area contributed by atoms with Gasteiger partial charge in [0.05, 0.1) is 11.6 Å². The maximum absolute atomic E-state index is 13.2. The number of carboxylic acids is 1. The van der Waals surface area contributed by atoms with E-state index in [-0.39, 0.29) is 17.2 Å². The maximum Gasteiger partial charge on any atom is 0.349 e. The van der Waals surface area contributed by atoms with Crippen molar-refractivity contribution >= 4 is 17.3 Å². The van der Waals surface area contributed by atoms with E-state index >= 15 is 0 Å². The Balaban J connectivity index is 2.23. The van der Waals surface area contributed by atoms with Crippen molar-refractivity contribution in [1.82, 2.24) is 0 Å². The van der Waals surface area contributed by atoms with Crippen LogP contribution in [0.15, 0.2) is 24.3 Å². The molecule has 1 heterocycles. The first-order valence-corrected chi connectivity index (χ1v) is 6.48. The molecule has 2 rings (SSSR count). The number of aryl methyl sites for hydroxylation is 1. The number of benzene rings is 1. The first kappa shape index (κ1) is 14.0. The van der Waals surface area contributed by atoms with Gasteiger partial charge in [-0.3, -0.25) is 0 Å². The van der Waals surface area contributed by atoms with E-state index in [4.69, 9.17) is 15.1 Å². The standard InChI is InChI=1S/C14H10FNO3S/c1-8-4-12(13(20-8)14(17)18)19-7-10-5-11(15)3-2-9(10)6-16/h2-5H,7H2,1H3,(H,17,18). The average Bonchev–Trinajstić information content (AvgIpc) is 2.78. The third-order valence-electron chi connectivity index (χ3n) is 2.59. The molecule has 0 radical (unpaired) electrons. The molecule has 0 saturated heterocycles. The van der Waals surface area contributed by atoms with Crippen LogP contribution in [-0.4, -0.2) is 11.1 Å². The normalized spacial score (nSPS) is 10.1. The summed E-state index contributed by atoms with van der Waals surface area (Å²) in [6.07, 6.45) is 0. The monoisotopic (exact) mass is 291 g/mol. The van der Waals surface area contributed by atoms with Crippen molar-refractivity contribution in [3.8, 4) is 11.8 Å². The fourth-order valence-electron chi connectivity index (χ4n) is 1.69. The van der Waals surface area contributed by atoms with Crippen molar-refractivity contribution < 1.29 is 19.0 Å². The van der Waals surface area contributed by atoms with Gasteiger partial charge in [0.15, 0.2) is 4.88 Å². The lowest BCUT2D eigenvalue weighted by Crippen LogP contribution is -2.02. The Bertz CT molecular complexity index is 703. The van der Waals surface area contributed by atoms with Gasteiger partial charge in [-0.1, -0.05) is 0 Å². The van der Waals surface area contributed by atoms with Crippen LogP contribution in [0.2, 0.25) is 0 Å². The van der Waals surface area contributed by atoms with E-state index in [9.17, 15) is 9.18 Å². The molecule has 4 nitrogen and oxygen atoms in total. The van der Waals surface area contributed by atoms with E-state index in [1.165, 1.54) is 18.2 Å². The van der Waals surface area contributed by atoms with Gasteiger partial charge in [0, 0.05) is 10.4 Å². The van der Waals surface area contributed by atoms with Crippen LogP contribution in [0.1, 0.15) is 25.7 Å². The predicted octanol–water partition coefficient (Wildman–Crippen LogP) is 3.34. The fourth-order valence-corrected chi connectivity index (χ4v) is 2.49. The summed E-state index contributed by atoms with van der Waals surface area (Å²) in [7, 11) is 0. The van der Waals surface area contributed by atoms with E-state index in [0.29, 0.717) is 11.1 Å². The molecule has 0 fully saturated rings. The Labute approximate surface area is 118 Å². The second-order valence-corrected chi connectivity index (χ2v) is 5.31. The van der Waals surface area contributed by atoms with E-state index in [0.717, 1.165) is 16.2 Å². The Hall–Kier alpha value is -2.39. The lowest BCUT2D eigenvalue weighted by atomic mass is 10.1. The number of ether oxygens (including phenoxy) is 1. The number of hydrogen-bond donors (Lipinski definition) is 1. The largest absolute Gasteiger partial charge is 0.487 e. The Kier molecular flexibility index (Phi) is 4.01. The SMILES string of the molecule is Cc1cc(OCc2cc(F)ccc2C#N)c(C(=O)O)s1. The van der Waals surface area contributed by atoms with Gasteiger partial charge < -0.3 is 9.84 Å². The molecule has 0 aliphatic heterocycles. The topological polar surface area (TPSA) is 70.3 Å². The second-order valence-electron chi connectivity index (χ2n) is 4.06. The van der Waals surface area contributed by atoms with Gasteiger partial charge in [-0.15, -0.1) is 11.3 Å². The Morgan fingerprint density at radius 3 is 2.90 bits per heavy atom. The average molecular weight is 291 g/mol. The van der Waals surface area contributed by atoms with E-state index in [1.807, 2.05) is 6.07 Å². The van der Waals surface area contributed by atoms with Gasteiger partial charge in [-0.25, -0.2) is 9.18 Å². The number of carboxylic acid groups (broad SMARTS) is 1. The van der Waals surface area contributed by atoms with Crippen LogP contribution in [0.25, 0.3) is 0 Å². The van der Waals surface area contributed by atoms with Crippen LogP contribution in [0.4, 0.5) is 4.39 Å². The molecule has 1 aromatic heterocycles. The quantitative estimate of drug-likeness (QED) is 0.937. The second kappa shape index (κ2) is 5.72. The zero-order chi connectivity index (χ0) is 14.7. The van der Waals surface area contributed by atoms with Gasteiger partial charge in [-0.05, 0) is 31.2 Å². The lowest BCUT2D eigenvalue weighted by Gasteiger charge is -2.07. The minimum absolute atomic E-state index is 0.0584. The zero-order valence-electron chi connectivity index (χ0n) is 10.5. The molecule has 0 unspecified atom stereocenters. The summed E-state index contributed by atoms with van der Waals surface area (Å²) in [4.78, 5) is 11.9. The molecule has 6 heteroatoms. The van der Waals surface area contributed by atoms with Crippen LogP contribution >= 0.6 is 11.3 Å². The summed E-state index contributed by atoms with van der Waals surface area (Å²) in [5, 5.41) is 18.0. The van der Waals surface area contributed by atoms with E-state index in [2.05, 4.69) is 0 Å². The molecule has 0 saturated carbocycles. The maximum atomic E-state index is 13.2. The van der Waals surface area contributed by atoms with Crippen molar-refractivity contribution in [2.75, 3.05) is 0 Å². The van der Waals surface area contributed by atoms with Crippen LogP contribution < -0.4 is 4.74 Å². The molecule has 0 atom stereocenters. The molecular weight excluding hydrogens is 281 g/mol. The van der Waals surface area contributed by atoms with Gasteiger partial charge in [0.2, 0.25) is 0 Å². The smallest absolute Gasteiger partial charge is 0.349 e. The van der Waals surface area contributed by atoms with Crippen LogP contribution in [0.3, 0.4) is 0 Å². The number of hydrogen-bond acceptors (Lipinski definition) is 4. The van der Waals surface area contributed by atoms with Gasteiger partial charge in [0.1, 0.15) is 18.2 Å². The molecule has 0 aliphatic carbocycles. The molecule has 102 valence electrons. The first-order valence-electron chi connectivity index (χ1n) is 5.66. The summed E-state index contributed by atoms with van der Waals surface area (Å²) in [5.41, 5.74) is 0.683. The van der Waals surface area contributed by atoms with Crippen molar-refractivity contribution in [2.45, 2.75) is 13.5 Å². The zero-order valence-corrected chi connectivity index (χ0v) is 11.3. The van der Waals surface area contributed by atoms with Crippen LogP contribution in [0.5, 0.6) is 5.75 Å². The Morgan fingerprint density at radius 2 is 2.25 bits per heavy atom. The summed E-state index contributed by atoms with van der Waals surface area (Å²) >= 11 is 1.11. The highest BCUT2D eigenvalue weighted by atomic mass is 32.1. The van der Waals surface area contributed by atoms with Gasteiger partial charge in [-0.2, -0.15) is 5.26 Å². The number of thiophene rings is 1. The summed E-state index contributed by atoms with van der Waals surface area (Å²) < 4.78 is 18.6. The number of nitrogens with zero attached hydrogens (tertiary/aromatic N) is 1. The number of rotatable bonds is 4. The van der Waals surface area contributed by atoms with Gasteiger partial charge >= 0.3 is 5.97 Å². The molecule has 0 spiro atoms. The summed E-state index contributed by atoms with van der Waals surface area (Å²) in [6, 6.07) is 7.32. The molecule has 0 bridgehead atoms. The first-order chi connectivity index (χ1) is 9.51. The number of halogens is 1. The molecule has 2 aromatic rings. The lowest BCUT2D eigenvalue weighted by molar-refractivity contribution is 0.0697. The number of nitriles is 1. The minimum atomic E-state index is -1.07. The highest BCUT2D eigenvalue weighted by Gasteiger charge is 2.16. The Morgan fingerprint density at radius 1 is 1.50 bits per heavy atom. The summed E-state index contributed by atoms with van der Waals surface area (Å²) in [6.45, 7) is 1.71. The van der Waals surface area contributed by atoms with Crippen molar-refractivity contribution in [1.29, 1.82) is 5.26 Å². The molecule has 20 heavy (non-hydrogen) atoms. The third kappa shape index (κ3) is 2.95. The number of aromatic carboxylic acids is 1. The molecule has 0 amide bonds. The van der Waals surface area contributed by atoms with Crippen molar-refractivity contribution in [2.24, 2.45) is 0 Å².